The van der Waals surface area contributed by atoms with Gasteiger partial charge in [0.05, 0.1) is 17.7 Å². The van der Waals surface area contributed by atoms with Gasteiger partial charge in [0.15, 0.2) is 11.6 Å². The number of nitrogens with zero attached hydrogens (tertiary/aromatic N) is 1. The third-order valence-corrected chi connectivity index (χ3v) is 2.43. The number of benzene rings is 1. The zero-order chi connectivity index (χ0) is 13.0. The number of aliphatic hydroxyl groups excluding tert-OH is 1. The molecule has 0 aliphatic heterocycles. The Morgan fingerprint density at radius 3 is 2.29 bits per heavy atom. The van der Waals surface area contributed by atoms with Crippen molar-refractivity contribution in [2.45, 2.75) is 20.0 Å². The smallest absolute Gasteiger partial charge is 0.150 e. The highest BCUT2D eigenvalue weighted by atomic mass is 19.1. The largest absolute Gasteiger partial charge is 0.391 e. The summed E-state index contributed by atoms with van der Waals surface area (Å²) in [5, 5.41) is 20.5. The summed E-state index contributed by atoms with van der Waals surface area (Å²) in [4.78, 5) is 0. The molecule has 1 aromatic carbocycles. The highest BCUT2D eigenvalue weighted by Crippen LogP contribution is 2.20. The van der Waals surface area contributed by atoms with E-state index in [0.29, 0.717) is 0 Å². The zero-order valence-corrected chi connectivity index (χ0v) is 9.67. The van der Waals surface area contributed by atoms with Crippen LogP contribution in [0.3, 0.4) is 0 Å². The number of nitriles is 1. The van der Waals surface area contributed by atoms with E-state index in [1.807, 2.05) is 0 Å². The quantitative estimate of drug-likeness (QED) is 0.848. The lowest BCUT2D eigenvalue weighted by atomic mass is 10.1. The second-order valence-electron chi connectivity index (χ2n) is 4.12. The first kappa shape index (κ1) is 13.4. The van der Waals surface area contributed by atoms with Crippen LogP contribution in [0.25, 0.3) is 0 Å². The molecule has 5 heteroatoms. The number of hydrogen-bond donors (Lipinski definition) is 2. The molecule has 0 saturated heterocycles. The molecule has 1 atom stereocenters. The first-order chi connectivity index (χ1) is 7.95. The summed E-state index contributed by atoms with van der Waals surface area (Å²) in [6, 6.07) is 3.56. The third kappa shape index (κ3) is 3.40. The molecule has 92 valence electrons. The molecule has 0 aromatic heterocycles. The Morgan fingerprint density at radius 2 is 1.88 bits per heavy atom. The fraction of sp³-hybridized carbons (Fsp3) is 0.417. The molecule has 0 fully saturated rings. The summed E-state index contributed by atoms with van der Waals surface area (Å²) >= 11 is 0. The Hall–Kier alpha value is -1.67. The van der Waals surface area contributed by atoms with Crippen LogP contribution in [0.15, 0.2) is 12.1 Å². The molecule has 0 spiro atoms. The lowest BCUT2D eigenvalue weighted by molar-refractivity contribution is 0.138. The fourth-order valence-electron chi connectivity index (χ4n) is 1.25. The standard InChI is InChI=1S/C12H14F2N2O/c1-7(2)11(17)6-16-12-9(13)3-8(5-15)4-10(12)14/h3-4,7,11,16-17H,6H2,1-2H3. The molecule has 0 radical (unpaired) electrons. The number of anilines is 1. The van der Waals surface area contributed by atoms with E-state index in [1.54, 1.807) is 19.9 Å². The van der Waals surface area contributed by atoms with Crippen molar-refractivity contribution >= 4 is 5.69 Å². The predicted octanol–water partition coefficient (Wildman–Crippen LogP) is 2.27. The minimum absolute atomic E-state index is 0.00740. The molecule has 2 N–H and O–H groups in total. The van der Waals surface area contributed by atoms with Crippen molar-refractivity contribution in [2.75, 3.05) is 11.9 Å². The van der Waals surface area contributed by atoms with Gasteiger partial charge in [-0.05, 0) is 18.1 Å². The number of nitrogens with one attached hydrogen (secondary N) is 1. The van der Waals surface area contributed by atoms with Crippen LogP contribution < -0.4 is 5.32 Å². The van der Waals surface area contributed by atoms with E-state index >= 15 is 0 Å². The second kappa shape index (κ2) is 5.60. The van der Waals surface area contributed by atoms with E-state index < -0.39 is 17.7 Å². The highest BCUT2D eigenvalue weighted by Gasteiger charge is 2.14. The summed E-state index contributed by atoms with van der Waals surface area (Å²) in [7, 11) is 0. The molecular weight excluding hydrogens is 226 g/mol. The fourth-order valence-corrected chi connectivity index (χ4v) is 1.25. The van der Waals surface area contributed by atoms with Gasteiger partial charge in [-0.2, -0.15) is 5.26 Å². The predicted molar refractivity (Wildman–Crippen MR) is 60.4 cm³/mol. The van der Waals surface area contributed by atoms with Crippen molar-refractivity contribution in [1.29, 1.82) is 5.26 Å². The number of halogens is 2. The Kier molecular flexibility index (Phi) is 4.41. The van der Waals surface area contributed by atoms with E-state index in [9.17, 15) is 13.9 Å². The average molecular weight is 240 g/mol. The minimum atomic E-state index is -0.836. The lowest BCUT2D eigenvalue weighted by Gasteiger charge is -2.16. The summed E-state index contributed by atoms with van der Waals surface area (Å²) in [5.41, 5.74) is -0.390. The molecule has 1 unspecified atom stereocenters. The van der Waals surface area contributed by atoms with Gasteiger partial charge in [-0.1, -0.05) is 13.8 Å². The Morgan fingerprint density at radius 1 is 1.35 bits per heavy atom. The molecule has 0 saturated carbocycles. The first-order valence-corrected chi connectivity index (χ1v) is 5.26. The van der Waals surface area contributed by atoms with Crippen LogP contribution in [0.2, 0.25) is 0 Å². The molecule has 0 bridgehead atoms. The Balaban J connectivity index is 2.82. The van der Waals surface area contributed by atoms with Gasteiger partial charge in [0.25, 0.3) is 0 Å². The summed E-state index contributed by atoms with van der Waals surface area (Å²) in [6.45, 7) is 3.66. The van der Waals surface area contributed by atoms with Crippen LogP contribution in [0.1, 0.15) is 19.4 Å². The molecule has 0 heterocycles. The zero-order valence-electron chi connectivity index (χ0n) is 9.67. The maximum Gasteiger partial charge on any atom is 0.150 e. The molecule has 1 aromatic rings. The monoisotopic (exact) mass is 240 g/mol. The van der Waals surface area contributed by atoms with Crippen molar-refractivity contribution in [3.05, 3.63) is 29.3 Å². The molecule has 0 aliphatic rings. The van der Waals surface area contributed by atoms with E-state index in [4.69, 9.17) is 5.26 Å². The van der Waals surface area contributed by atoms with Gasteiger partial charge in [-0.15, -0.1) is 0 Å². The van der Waals surface area contributed by atoms with Gasteiger partial charge in [0.1, 0.15) is 5.69 Å². The van der Waals surface area contributed by atoms with E-state index in [2.05, 4.69) is 5.32 Å². The van der Waals surface area contributed by atoms with Crippen LogP contribution in [0, 0.1) is 28.9 Å². The Labute approximate surface area is 98.7 Å². The molecule has 0 aliphatic carbocycles. The maximum absolute atomic E-state index is 13.4. The van der Waals surface area contributed by atoms with E-state index in [1.165, 1.54) is 0 Å². The summed E-state index contributed by atoms with van der Waals surface area (Å²) in [5.74, 6) is -1.68. The van der Waals surface area contributed by atoms with Gasteiger partial charge in [0.2, 0.25) is 0 Å². The van der Waals surface area contributed by atoms with Gasteiger partial charge in [-0.25, -0.2) is 8.78 Å². The molecule has 1 rings (SSSR count). The molecule has 17 heavy (non-hydrogen) atoms. The maximum atomic E-state index is 13.4. The van der Waals surface area contributed by atoms with Crippen LogP contribution >= 0.6 is 0 Å². The minimum Gasteiger partial charge on any atom is -0.391 e. The molecular formula is C12H14F2N2O. The van der Waals surface area contributed by atoms with Crippen molar-refractivity contribution in [3.63, 3.8) is 0 Å². The van der Waals surface area contributed by atoms with Gasteiger partial charge in [0, 0.05) is 6.54 Å². The van der Waals surface area contributed by atoms with Crippen molar-refractivity contribution in [3.8, 4) is 6.07 Å². The van der Waals surface area contributed by atoms with Gasteiger partial charge in [-0.3, -0.25) is 0 Å². The van der Waals surface area contributed by atoms with E-state index in [-0.39, 0.29) is 23.7 Å². The number of aliphatic hydroxyl groups is 1. The third-order valence-electron chi connectivity index (χ3n) is 2.43. The number of rotatable bonds is 4. The highest BCUT2D eigenvalue weighted by molar-refractivity contribution is 5.50. The van der Waals surface area contributed by atoms with E-state index in [0.717, 1.165) is 12.1 Å². The van der Waals surface area contributed by atoms with Crippen molar-refractivity contribution in [2.24, 2.45) is 5.92 Å². The van der Waals surface area contributed by atoms with Gasteiger partial charge >= 0.3 is 0 Å². The van der Waals surface area contributed by atoms with Crippen LogP contribution in [0.5, 0.6) is 0 Å². The Bertz CT molecular complexity index is 418. The lowest BCUT2D eigenvalue weighted by Crippen LogP contribution is -2.25. The second-order valence-corrected chi connectivity index (χ2v) is 4.12. The van der Waals surface area contributed by atoms with Crippen LogP contribution in [-0.4, -0.2) is 17.8 Å². The summed E-state index contributed by atoms with van der Waals surface area (Å²) < 4.78 is 26.8. The number of hydrogen-bond acceptors (Lipinski definition) is 3. The molecule has 3 nitrogen and oxygen atoms in total. The van der Waals surface area contributed by atoms with Crippen molar-refractivity contribution < 1.29 is 13.9 Å². The summed E-state index contributed by atoms with van der Waals surface area (Å²) in [6.07, 6.45) is -0.690. The average Bonchev–Trinajstić information content (AvgIpc) is 2.27. The SMILES string of the molecule is CC(C)C(O)CNc1c(F)cc(C#N)cc1F. The topological polar surface area (TPSA) is 56.0 Å². The molecule has 0 amide bonds. The van der Waals surface area contributed by atoms with Crippen LogP contribution in [0.4, 0.5) is 14.5 Å². The first-order valence-electron chi connectivity index (χ1n) is 5.26. The van der Waals surface area contributed by atoms with Crippen LogP contribution in [-0.2, 0) is 0 Å². The normalized spacial score (nSPS) is 12.3. The van der Waals surface area contributed by atoms with Crippen molar-refractivity contribution in [1.82, 2.24) is 0 Å². The van der Waals surface area contributed by atoms with Gasteiger partial charge < -0.3 is 10.4 Å².